The van der Waals surface area contributed by atoms with Crippen molar-refractivity contribution in [1.29, 1.82) is 0 Å². The number of ether oxygens (including phenoxy) is 1. The van der Waals surface area contributed by atoms with Gasteiger partial charge >= 0.3 is 0 Å². The highest BCUT2D eigenvalue weighted by molar-refractivity contribution is 9.10. The van der Waals surface area contributed by atoms with Gasteiger partial charge in [-0.3, -0.25) is 0 Å². The molecule has 21 heavy (non-hydrogen) atoms. The summed E-state index contributed by atoms with van der Waals surface area (Å²) in [6.07, 6.45) is 0. The van der Waals surface area contributed by atoms with Crippen LogP contribution in [0.5, 0.6) is 5.75 Å². The molecule has 0 saturated heterocycles. The molecular weight excluding hydrogens is 406 g/mol. The zero-order chi connectivity index (χ0) is 15.3. The van der Waals surface area contributed by atoms with Crippen LogP contribution in [0.15, 0.2) is 39.3 Å². The molecule has 116 valence electrons. The number of halogens is 4. The van der Waals surface area contributed by atoms with E-state index in [4.69, 9.17) is 4.74 Å². The molecule has 2 rings (SSSR count). The van der Waals surface area contributed by atoms with Crippen LogP contribution in [0.3, 0.4) is 0 Å². The number of rotatable bonds is 1. The van der Waals surface area contributed by atoms with Crippen molar-refractivity contribution in [2.24, 2.45) is 0 Å². The maximum atomic E-state index is 13.1. The quantitative estimate of drug-likeness (QED) is 0.512. The summed E-state index contributed by atoms with van der Waals surface area (Å²) in [5, 5.41) is 0. The lowest BCUT2D eigenvalue weighted by Crippen LogP contribution is -1.91. The Kier molecular flexibility index (Phi) is 8.74. The Morgan fingerprint density at radius 1 is 0.905 bits per heavy atom. The highest BCUT2D eigenvalue weighted by Crippen LogP contribution is 2.26. The van der Waals surface area contributed by atoms with Gasteiger partial charge in [-0.05, 0) is 43.7 Å². The van der Waals surface area contributed by atoms with E-state index in [-0.39, 0.29) is 24.8 Å². The highest BCUT2D eigenvalue weighted by Gasteiger charge is 2.07. The summed E-state index contributed by atoms with van der Waals surface area (Å²) in [5.41, 5.74) is 1.24. The first-order valence-electron chi connectivity index (χ1n) is 5.77. The van der Waals surface area contributed by atoms with E-state index in [1.165, 1.54) is 13.2 Å². The third-order valence-corrected chi connectivity index (χ3v) is 4.42. The standard InChI is InChI=1S/C8H8BrFO.C7H6BrF.CH4/c1-5-6(9)3-4-7(11-2)8(5)10;1-5-6(8)3-2-4-7(5)9;/h3-4H,1-2H3;2-4H,1H3;1H4. The molecule has 0 aliphatic heterocycles. The van der Waals surface area contributed by atoms with Gasteiger partial charge in [-0.2, -0.15) is 0 Å². The van der Waals surface area contributed by atoms with Gasteiger partial charge in [0.1, 0.15) is 5.82 Å². The van der Waals surface area contributed by atoms with Crippen LogP contribution >= 0.6 is 31.9 Å². The minimum absolute atomic E-state index is 0. The molecule has 0 aliphatic carbocycles. The third kappa shape index (κ3) is 5.40. The van der Waals surface area contributed by atoms with Crippen molar-refractivity contribution in [3.8, 4) is 5.75 Å². The summed E-state index contributed by atoms with van der Waals surface area (Å²) in [6, 6.07) is 8.29. The average molecular weight is 424 g/mol. The van der Waals surface area contributed by atoms with Crippen molar-refractivity contribution in [2.45, 2.75) is 21.3 Å². The monoisotopic (exact) mass is 422 g/mol. The van der Waals surface area contributed by atoms with Crippen molar-refractivity contribution in [1.82, 2.24) is 0 Å². The van der Waals surface area contributed by atoms with Crippen LogP contribution in [0.1, 0.15) is 18.6 Å². The van der Waals surface area contributed by atoms with Crippen molar-refractivity contribution in [2.75, 3.05) is 7.11 Å². The first kappa shape index (κ1) is 20.1. The number of hydrogen-bond donors (Lipinski definition) is 0. The zero-order valence-corrected chi connectivity index (χ0v) is 14.5. The first-order chi connectivity index (χ1) is 9.38. The molecule has 0 aromatic heterocycles. The lowest BCUT2D eigenvalue weighted by molar-refractivity contribution is 0.385. The summed E-state index contributed by atoms with van der Waals surface area (Å²) >= 11 is 6.42. The molecule has 0 spiro atoms. The molecular formula is C16H18Br2F2O. The molecule has 2 aromatic carbocycles. The van der Waals surface area contributed by atoms with Crippen molar-refractivity contribution in [3.05, 3.63) is 62.0 Å². The fraction of sp³-hybridized carbons (Fsp3) is 0.250. The van der Waals surface area contributed by atoms with Gasteiger partial charge in [0.15, 0.2) is 11.6 Å². The minimum Gasteiger partial charge on any atom is -0.494 e. The predicted octanol–water partition coefficient (Wildman–Crippen LogP) is 6.44. The molecule has 1 nitrogen and oxygen atoms in total. The van der Waals surface area contributed by atoms with E-state index in [1.54, 1.807) is 32.0 Å². The highest BCUT2D eigenvalue weighted by atomic mass is 79.9. The minimum atomic E-state index is -0.304. The predicted molar refractivity (Wildman–Crippen MR) is 91.0 cm³/mol. The van der Waals surface area contributed by atoms with E-state index >= 15 is 0 Å². The van der Waals surface area contributed by atoms with Gasteiger partial charge < -0.3 is 4.74 Å². The second kappa shape index (κ2) is 9.15. The molecule has 0 radical (unpaired) electrons. The molecule has 2 aromatic rings. The Labute approximate surface area is 141 Å². The van der Waals surface area contributed by atoms with Crippen molar-refractivity contribution >= 4 is 31.9 Å². The Morgan fingerprint density at radius 2 is 1.48 bits per heavy atom. The van der Waals surface area contributed by atoms with Gasteiger partial charge in [0.2, 0.25) is 0 Å². The Morgan fingerprint density at radius 3 is 1.95 bits per heavy atom. The molecule has 0 heterocycles. The van der Waals surface area contributed by atoms with E-state index in [0.717, 1.165) is 8.95 Å². The molecule has 0 N–H and O–H groups in total. The molecule has 0 atom stereocenters. The maximum Gasteiger partial charge on any atom is 0.169 e. The van der Waals surface area contributed by atoms with Gasteiger partial charge in [-0.1, -0.05) is 45.4 Å². The summed E-state index contributed by atoms with van der Waals surface area (Å²) in [7, 11) is 1.45. The van der Waals surface area contributed by atoms with E-state index in [2.05, 4.69) is 31.9 Å². The Balaban J connectivity index is 0.000000370. The van der Waals surface area contributed by atoms with Crippen LogP contribution in [-0.2, 0) is 0 Å². The molecule has 0 amide bonds. The van der Waals surface area contributed by atoms with Gasteiger partial charge in [0.25, 0.3) is 0 Å². The fourth-order valence-electron chi connectivity index (χ4n) is 1.38. The first-order valence-corrected chi connectivity index (χ1v) is 7.36. The van der Waals surface area contributed by atoms with Gasteiger partial charge in [0, 0.05) is 14.5 Å². The summed E-state index contributed by atoms with van der Waals surface area (Å²) < 4.78 is 32.0. The van der Waals surface area contributed by atoms with Crippen molar-refractivity contribution < 1.29 is 13.5 Å². The van der Waals surface area contributed by atoms with E-state index in [1.807, 2.05) is 6.07 Å². The fourth-order valence-corrected chi connectivity index (χ4v) is 2.02. The second-order valence-electron chi connectivity index (χ2n) is 4.04. The van der Waals surface area contributed by atoms with Crippen LogP contribution in [0.2, 0.25) is 0 Å². The van der Waals surface area contributed by atoms with E-state index in [9.17, 15) is 8.78 Å². The lowest BCUT2D eigenvalue weighted by atomic mass is 10.2. The SMILES string of the molecule is C.COc1ccc(Br)c(C)c1F.Cc1c(F)cccc1Br. The molecule has 0 bridgehead atoms. The van der Waals surface area contributed by atoms with Crippen LogP contribution in [0, 0.1) is 25.5 Å². The van der Waals surface area contributed by atoms with Crippen LogP contribution < -0.4 is 4.74 Å². The number of methoxy groups -OCH3 is 1. The topological polar surface area (TPSA) is 9.23 Å². The summed E-state index contributed by atoms with van der Waals surface area (Å²) in [4.78, 5) is 0. The smallest absolute Gasteiger partial charge is 0.169 e. The van der Waals surface area contributed by atoms with Crippen LogP contribution in [0.25, 0.3) is 0 Å². The average Bonchev–Trinajstić information content (AvgIpc) is 2.43. The summed E-state index contributed by atoms with van der Waals surface area (Å²) in [6.45, 7) is 3.43. The van der Waals surface area contributed by atoms with E-state index in [0.29, 0.717) is 11.1 Å². The summed E-state index contributed by atoms with van der Waals surface area (Å²) in [5.74, 6) is -0.183. The largest absolute Gasteiger partial charge is 0.494 e. The zero-order valence-electron chi connectivity index (χ0n) is 11.3. The number of benzene rings is 2. The van der Waals surface area contributed by atoms with Crippen LogP contribution in [0.4, 0.5) is 8.78 Å². The molecule has 5 heteroatoms. The second-order valence-corrected chi connectivity index (χ2v) is 5.74. The third-order valence-electron chi connectivity index (χ3n) is 2.71. The Hall–Kier alpha value is -0.940. The number of hydrogen-bond acceptors (Lipinski definition) is 1. The molecule has 0 unspecified atom stereocenters. The lowest BCUT2D eigenvalue weighted by Gasteiger charge is -2.04. The Bertz CT molecular complexity index is 581. The van der Waals surface area contributed by atoms with Gasteiger partial charge in [-0.15, -0.1) is 0 Å². The van der Waals surface area contributed by atoms with Gasteiger partial charge in [-0.25, -0.2) is 8.78 Å². The van der Waals surface area contributed by atoms with Crippen molar-refractivity contribution in [3.63, 3.8) is 0 Å². The molecule has 0 saturated carbocycles. The maximum absolute atomic E-state index is 13.1. The molecule has 0 fully saturated rings. The molecule has 0 aliphatic rings. The normalized spacial score (nSPS) is 9.29. The van der Waals surface area contributed by atoms with Gasteiger partial charge in [0.05, 0.1) is 7.11 Å². The van der Waals surface area contributed by atoms with Crippen LogP contribution in [-0.4, -0.2) is 7.11 Å². The van der Waals surface area contributed by atoms with E-state index < -0.39 is 0 Å².